The van der Waals surface area contributed by atoms with Crippen molar-refractivity contribution < 1.29 is 18.0 Å². The summed E-state index contributed by atoms with van der Waals surface area (Å²) in [4.78, 5) is 10.7. The molecule has 1 nitrogen and oxygen atoms in total. The van der Waals surface area contributed by atoms with Crippen LogP contribution in [0.5, 0.6) is 0 Å². The van der Waals surface area contributed by atoms with Gasteiger partial charge in [0.2, 0.25) is 0 Å². The van der Waals surface area contributed by atoms with Crippen LogP contribution in [0.15, 0.2) is 18.2 Å². The van der Waals surface area contributed by atoms with Crippen molar-refractivity contribution in [3.63, 3.8) is 0 Å². The lowest BCUT2D eigenvalue weighted by Gasteiger charge is -2.08. The maximum Gasteiger partial charge on any atom is 0.417 e. The maximum absolute atomic E-state index is 12.7. The van der Waals surface area contributed by atoms with Gasteiger partial charge in [-0.05, 0) is 18.2 Å². The first-order valence-corrected chi connectivity index (χ1v) is 6.66. The number of rotatable bonds is 2. The number of carbonyl (C=O) groups is 1. The Morgan fingerprint density at radius 2 is 2.11 bits per heavy atom. The molecular formula is C13H10ClF3OS. The molecule has 0 saturated heterocycles. The standard InChI is InChI=1S/C13H10ClF3OS/c1-9(18)19-7-3-2-4-10-8-11(14)5-6-12(10)13(15,16)17/h5-6,8H,3,7H2,1H3. The molecule has 19 heavy (non-hydrogen) atoms. The Morgan fingerprint density at radius 1 is 1.42 bits per heavy atom. The molecule has 0 atom stereocenters. The summed E-state index contributed by atoms with van der Waals surface area (Å²) in [5, 5.41) is 0.163. The van der Waals surface area contributed by atoms with E-state index in [9.17, 15) is 18.0 Å². The number of hydrogen-bond acceptors (Lipinski definition) is 2. The van der Waals surface area contributed by atoms with Gasteiger partial charge in [0.05, 0.1) is 5.56 Å². The first-order valence-electron chi connectivity index (χ1n) is 5.29. The molecule has 0 spiro atoms. The Kier molecular flexibility index (Phi) is 5.77. The third kappa shape index (κ3) is 5.58. The highest BCUT2D eigenvalue weighted by Crippen LogP contribution is 2.32. The summed E-state index contributed by atoms with van der Waals surface area (Å²) in [5.41, 5.74) is -0.948. The summed E-state index contributed by atoms with van der Waals surface area (Å²) in [6.07, 6.45) is -4.11. The minimum atomic E-state index is -4.46. The van der Waals surface area contributed by atoms with E-state index in [1.807, 2.05) is 0 Å². The molecule has 0 aliphatic heterocycles. The largest absolute Gasteiger partial charge is 0.417 e. The zero-order valence-corrected chi connectivity index (χ0v) is 11.5. The van der Waals surface area contributed by atoms with E-state index in [-0.39, 0.29) is 15.7 Å². The van der Waals surface area contributed by atoms with Gasteiger partial charge in [-0.15, -0.1) is 0 Å². The van der Waals surface area contributed by atoms with Crippen LogP contribution in [-0.2, 0) is 11.0 Å². The molecule has 1 rings (SSSR count). The van der Waals surface area contributed by atoms with Crippen molar-refractivity contribution in [3.05, 3.63) is 34.3 Å². The second-order valence-corrected chi connectivity index (χ2v) is 5.29. The molecule has 0 N–H and O–H groups in total. The van der Waals surface area contributed by atoms with E-state index in [1.54, 1.807) is 0 Å². The summed E-state index contributed by atoms with van der Waals surface area (Å²) < 4.78 is 38.1. The summed E-state index contributed by atoms with van der Waals surface area (Å²) in [6, 6.07) is 3.29. The fraction of sp³-hybridized carbons (Fsp3) is 0.308. The van der Waals surface area contributed by atoms with E-state index >= 15 is 0 Å². The molecule has 6 heteroatoms. The molecule has 0 aliphatic carbocycles. The summed E-state index contributed by atoms with van der Waals surface area (Å²) in [5.74, 6) is 5.53. The van der Waals surface area contributed by atoms with E-state index in [4.69, 9.17) is 11.6 Å². The van der Waals surface area contributed by atoms with Crippen LogP contribution in [0.3, 0.4) is 0 Å². The number of hydrogen-bond donors (Lipinski definition) is 0. The average molecular weight is 307 g/mol. The Hall–Kier alpha value is -1.12. The second kappa shape index (κ2) is 6.88. The molecule has 0 aliphatic rings. The molecule has 0 amide bonds. The quantitative estimate of drug-likeness (QED) is 0.596. The van der Waals surface area contributed by atoms with Gasteiger partial charge < -0.3 is 0 Å². The first kappa shape index (κ1) is 15.9. The van der Waals surface area contributed by atoms with E-state index in [2.05, 4.69) is 11.8 Å². The van der Waals surface area contributed by atoms with Gasteiger partial charge in [0.25, 0.3) is 0 Å². The summed E-state index contributed by atoms with van der Waals surface area (Å²) >= 11 is 6.75. The van der Waals surface area contributed by atoms with Gasteiger partial charge >= 0.3 is 6.18 Å². The third-order valence-electron chi connectivity index (χ3n) is 2.04. The van der Waals surface area contributed by atoms with Crippen molar-refractivity contribution in [1.29, 1.82) is 0 Å². The molecule has 0 aromatic heterocycles. The van der Waals surface area contributed by atoms with Gasteiger partial charge in [0.15, 0.2) is 5.12 Å². The number of thioether (sulfide) groups is 1. The maximum atomic E-state index is 12.7. The minimum absolute atomic E-state index is 0.0412. The van der Waals surface area contributed by atoms with Crippen LogP contribution in [0.1, 0.15) is 24.5 Å². The highest BCUT2D eigenvalue weighted by atomic mass is 35.5. The third-order valence-corrected chi connectivity index (χ3v) is 3.09. The zero-order chi connectivity index (χ0) is 14.5. The second-order valence-electron chi connectivity index (χ2n) is 3.58. The molecule has 0 saturated carbocycles. The van der Waals surface area contributed by atoms with Crippen molar-refractivity contribution in [1.82, 2.24) is 0 Å². The van der Waals surface area contributed by atoms with E-state index in [1.165, 1.54) is 19.1 Å². The van der Waals surface area contributed by atoms with Crippen molar-refractivity contribution in [2.75, 3.05) is 5.75 Å². The van der Waals surface area contributed by atoms with Crippen LogP contribution in [-0.4, -0.2) is 10.9 Å². The van der Waals surface area contributed by atoms with Crippen LogP contribution < -0.4 is 0 Å². The van der Waals surface area contributed by atoms with E-state index in [0.29, 0.717) is 12.2 Å². The van der Waals surface area contributed by atoms with Gasteiger partial charge in [-0.25, -0.2) is 0 Å². The van der Waals surface area contributed by atoms with Gasteiger partial charge in [-0.3, -0.25) is 4.79 Å². The Morgan fingerprint density at radius 3 is 2.68 bits per heavy atom. The molecule has 0 unspecified atom stereocenters. The normalized spacial score (nSPS) is 10.8. The fourth-order valence-corrected chi connectivity index (χ4v) is 1.93. The average Bonchev–Trinajstić information content (AvgIpc) is 2.26. The van der Waals surface area contributed by atoms with Crippen molar-refractivity contribution in [2.45, 2.75) is 19.5 Å². The van der Waals surface area contributed by atoms with Crippen LogP contribution in [0.25, 0.3) is 0 Å². The lowest BCUT2D eigenvalue weighted by molar-refractivity contribution is -0.137. The van der Waals surface area contributed by atoms with Gasteiger partial charge in [-0.2, -0.15) is 13.2 Å². The number of benzene rings is 1. The Balaban J connectivity index is 2.85. The number of carbonyl (C=O) groups excluding carboxylic acids is 1. The molecule has 1 aromatic carbocycles. The smallest absolute Gasteiger partial charge is 0.288 e. The Bertz CT molecular complexity index is 529. The molecule has 0 radical (unpaired) electrons. The monoisotopic (exact) mass is 306 g/mol. The number of halogens is 4. The van der Waals surface area contributed by atoms with Crippen LogP contribution in [0, 0.1) is 11.8 Å². The lowest BCUT2D eigenvalue weighted by atomic mass is 10.1. The SMILES string of the molecule is CC(=O)SCCC#Cc1cc(Cl)ccc1C(F)(F)F. The van der Waals surface area contributed by atoms with Crippen LogP contribution >= 0.6 is 23.4 Å². The lowest BCUT2D eigenvalue weighted by Crippen LogP contribution is -2.07. The topological polar surface area (TPSA) is 17.1 Å². The minimum Gasteiger partial charge on any atom is -0.288 e. The molecule has 1 aromatic rings. The molecule has 102 valence electrons. The molecule has 0 heterocycles. The first-order chi connectivity index (χ1) is 8.80. The zero-order valence-electron chi connectivity index (χ0n) is 9.97. The Labute approximate surface area is 118 Å². The van der Waals surface area contributed by atoms with E-state index in [0.717, 1.165) is 17.8 Å². The molecule has 0 bridgehead atoms. The molecular weight excluding hydrogens is 297 g/mol. The van der Waals surface area contributed by atoms with Crippen molar-refractivity contribution in [3.8, 4) is 11.8 Å². The summed E-state index contributed by atoms with van der Waals surface area (Å²) in [7, 11) is 0. The van der Waals surface area contributed by atoms with E-state index < -0.39 is 11.7 Å². The fourth-order valence-electron chi connectivity index (χ4n) is 1.27. The van der Waals surface area contributed by atoms with Crippen molar-refractivity contribution >= 4 is 28.5 Å². The van der Waals surface area contributed by atoms with Crippen LogP contribution in [0.2, 0.25) is 5.02 Å². The highest BCUT2D eigenvalue weighted by molar-refractivity contribution is 8.13. The predicted octanol–water partition coefficient (Wildman–Crippen LogP) is 4.38. The number of alkyl halides is 3. The van der Waals surface area contributed by atoms with Crippen LogP contribution in [0.4, 0.5) is 13.2 Å². The predicted molar refractivity (Wildman–Crippen MR) is 71.1 cm³/mol. The summed E-state index contributed by atoms with van der Waals surface area (Å²) in [6.45, 7) is 1.43. The molecule has 0 fully saturated rings. The van der Waals surface area contributed by atoms with Crippen molar-refractivity contribution in [2.24, 2.45) is 0 Å². The van der Waals surface area contributed by atoms with Gasteiger partial charge in [-0.1, -0.05) is 35.2 Å². The highest BCUT2D eigenvalue weighted by Gasteiger charge is 2.32. The van der Waals surface area contributed by atoms with Gasteiger partial charge in [0, 0.05) is 29.7 Å². The van der Waals surface area contributed by atoms with Gasteiger partial charge in [0.1, 0.15) is 0 Å².